The number of hydrogen-bond donors (Lipinski definition) is 1. The van der Waals surface area contributed by atoms with Crippen LogP contribution in [0.3, 0.4) is 0 Å². The standard InChI is InChI=1S/C14H19N3O3/c1-10(18)16-6-8-17(9-7-16)14(19)11-4-3-5-12(15)13(11)20-2/h3-5H,6-9,15H2,1-2H3. The highest BCUT2D eigenvalue weighted by Gasteiger charge is 2.25. The summed E-state index contributed by atoms with van der Waals surface area (Å²) in [4.78, 5) is 27.2. The third kappa shape index (κ3) is 2.68. The van der Waals surface area contributed by atoms with Gasteiger partial charge in [0.05, 0.1) is 18.4 Å². The molecular formula is C14H19N3O3. The number of anilines is 1. The van der Waals surface area contributed by atoms with E-state index in [2.05, 4.69) is 0 Å². The molecule has 1 aromatic carbocycles. The number of nitrogens with zero attached hydrogens (tertiary/aromatic N) is 2. The van der Waals surface area contributed by atoms with Gasteiger partial charge < -0.3 is 20.3 Å². The molecule has 2 N–H and O–H groups in total. The fourth-order valence-corrected chi connectivity index (χ4v) is 2.35. The molecular weight excluding hydrogens is 258 g/mol. The molecule has 0 aliphatic carbocycles. The summed E-state index contributed by atoms with van der Waals surface area (Å²) in [7, 11) is 1.50. The van der Waals surface area contributed by atoms with Crippen LogP contribution in [0.2, 0.25) is 0 Å². The minimum atomic E-state index is -0.114. The molecule has 0 spiro atoms. The fourth-order valence-electron chi connectivity index (χ4n) is 2.35. The molecule has 2 rings (SSSR count). The summed E-state index contributed by atoms with van der Waals surface area (Å²) < 4.78 is 5.21. The lowest BCUT2D eigenvalue weighted by atomic mass is 10.1. The maximum atomic E-state index is 12.5. The number of para-hydroxylation sites is 1. The highest BCUT2D eigenvalue weighted by Crippen LogP contribution is 2.27. The van der Waals surface area contributed by atoms with Gasteiger partial charge >= 0.3 is 0 Å². The number of nitrogens with two attached hydrogens (primary N) is 1. The van der Waals surface area contributed by atoms with Crippen LogP contribution in [0.15, 0.2) is 18.2 Å². The van der Waals surface area contributed by atoms with E-state index in [-0.39, 0.29) is 11.8 Å². The maximum absolute atomic E-state index is 12.5. The molecule has 0 bridgehead atoms. The monoisotopic (exact) mass is 277 g/mol. The lowest BCUT2D eigenvalue weighted by Gasteiger charge is -2.34. The Hall–Kier alpha value is -2.24. The molecule has 0 aromatic heterocycles. The SMILES string of the molecule is COc1c(N)cccc1C(=O)N1CCN(C(C)=O)CC1. The van der Waals surface area contributed by atoms with Gasteiger partial charge in [-0.25, -0.2) is 0 Å². The molecule has 108 valence electrons. The number of benzene rings is 1. The second kappa shape index (κ2) is 5.81. The third-order valence-corrected chi connectivity index (χ3v) is 3.49. The molecule has 1 aliphatic rings. The lowest BCUT2D eigenvalue weighted by Crippen LogP contribution is -2.50. The van der Waals surface area contributed by atoms with Gasteiger partial charge in [0.25, 0.3) is 5.91 Å². The molecule has 1 aliphatic heterocycles. The number of amides is 2. The molecule has 2 amide bonds. The summed E-state index contributed by atoms with van der Waals surface area (Å²) in [5.41, 5.74) is 6.72. The summed E-state index contributed by atoms with van der Waals surface area (Å²) >= 11 is 0. The molecule has 1 saturated heterocycles. The van der Waals surface area contributed by atoms with Gasteiger partial charge in [0.2, 0.25) is 5.91 Å². The van der Waals surface area contributed by atoms with Crippen molar-refractivity contribution in [1.82, 2.24) is 9.80 Å². The minimum absolute atomic E-state index is 0.0404. The Bertz CT molecular complexity index is 522. The predicted octanol–water partition coefficient (Wildman–Crippen LogP) is 0.582. The topological polar surface area (TPSA) is 75.9 Å². The van der Waals surface area contributed by atoms with Crippen LogP contribution >= 0.6 is 0 Å². The van der Waals surface area contributed by atoms with Crippen LogP contribution in [0.5, 0.6) is 5.75 Å². The van der Waals surface area contributed by atoms with E-state index in [1.165, 1.54) is 7.11 Å². The second-order valence-corrected chi connectivity index (χ2v) is 4.73. The smallest absolute Gasteiger partial charge is 0.257 e. The van der Waals surface area contributed by atoms with Crippen molar-refractivity contribution in [3.63, 3.8) is 0 Å². The normalized spacial score (nSPS) is 15.1. The number of methoxy groups -OCH3 is 1. The summed E-state index contributed by atoms with van der Waals surface area (Å²) in [6, 6.07) is 5.13. The van der Waals surface area contributed by atoms with Gasteiger partial charge in [-0.15, -0.1) is 0 Å². The number of nitrogen functional groups attached to an aromatic ring is 1. The molecule has 20 heavy (non-hydrogen) atoms. The second-order valence-electron chi connectivity index (χ2n) is 4.73. The average Bonchev–Trinajstić information content (AvgIpc) is 2.46. The molecule has 6 heteroatoms. The maximum Gasteiger partial charge on any atom is 0.257 e. The zero-order valence-electron chi connectivity index (χ0n) is 11.8. The van der Waals surface area contributed by atoms with Gasteiger partial charge in [0.1, 0.15) is 0 Å². The van der Waals surface area contributed by atoms with Gasteiger partial charge in [0, 0.05) is 33.1 Å². The first-order valence-electron chi connectivity index (χ1n) is 6.52. The Morgan fingerprint density at radius 3 is 2.30 bits per heavy atom. The molecule has 1 fully saturated rings. The third-order valence-electron chi connectivity index (χ3n) is 3.49. The van der Waals surface area contributed by atoms with Gasteiger partial charge in [-0.2, -0.15) is 0 Å². The Balaban J connectivity index is 2.13. The number of hydrogen-bond acceptors (Lipinski definition) is 4. The van der Waals surface area contributed by atoms with Crippen LogP contribution in [-0.2, 0) is 4.79 Å². The Morgan fingerprint density at radius 2 is 1.75 bits per heavy atom. The van der Waals surface area contributed by atoms with Crippen LogP contribution < -0.4 is 10.5 Å². The number of rotatable bonds is 2. The summed E-state index contributed by atoms with van der Waals surface area (Å²) in [6.45, 7) is 3.71. The molecule has 0 saturated carbocycles. The van der Waals surface area contributed by atoms with Crippen LogP contribution in [0.4, 0.5) is 5.69 Å². The molecule has 1 aromatic rings. The van der Waals surface area contributed by atoms with Crippen LogP contribution in [-0.4, -0.2) is 54.9 Å². The Kier molecular flexibility index (Phi) is 4.12. The zero-order chi connectivity index (χ0) is 14.7. The van der Waals surface area contributed by atoms with Crippen molar-refractivity contribution in [2.24, 2.45) is 0 Å². The van der Waals surface area contributed by atoms with E-state index in [0.717, 1.165) is 0 Å². The van der Waals surface area contributed by atoms with Crippen LogP contribution in [0, 0.1) is 0 Å². The Morgan fingerprint density at radius 1 is 1.15 bits per heavy atom. The molecule has 0 unspecified atom stereocenters. The molecule has 0 atom stereocenters. The van der Waals surface area contributed by atoms with Crippen molar-refractivity contribution >= 4 is 17.5 Å². The first-order chi connectivity index (χ1) is 9.54. The van der Waals surface area contributed by atoms with Gasteiger partial charge in [-0.1, -0.05) is 6.07 Å². The highest BCUT2D eigenvalue weighted by molar-refractivity contribution is 5.98. The average molecular weight is 277 g/mol. The minimum Gasteiger partial charge on any atom is -0.494 e. The first kappa shape index (κ1) is 14.2. The van der Waals surface area contributed by atoms with E-state index >= 15 is 0 Å². The number of carbonyl (C=O) groups is 2. The Labute approximate surface area is 118 Å². The van der Waals surface area contributed by atoms with Crippen LogP contribution in [0.1, 0.15) is 17.3 Å². The van der Waals surface area contributed by atoms with Crippen molar-refractivity contribution < 1.29 is 14.3 Å². The van der Waals surface area contributed by atoms with E-state index in [4.69, 9.17) is 10.5 Å². The lowest BCUT2D eigenvalue weighted by molar-refractivity contribution is -0.130. The van der Waals surface area contributed by atoms with Crippen molar-refractivity contribution in [3.8, 4) is 5.75 Å². The van der Waals surface area contributed by atoms with Gasteiger partial charge in [0.15, 0.2) is 5.75 Å². The first-order valence-corrected chi connectivity index (χ1v) is 6.52. The van der Waals surface area contributed by atoms with Gasteiger partial charge in [-0.05, 0) is 12.1 Å². The summed E-state index contributed by atoms with van der Waals surface area (Å²) in [5, 5.41) is 0. The van der Waals surface area contributed by atoms with E-state index in [1.54, 1.807) is 34.9 Å². The fraction of sp³-hybridized carbons (Fsp3) is 0.429. The number of piperazine rings is 1. The van der Waals surface area contributed by atoms with Crippen molar-refractivity contribution in [3.05, 3.63) is 23.8 Å². The number of carbonyl (C=O) groups excluding carboxylic acids is 2. The quantitative estimate of drug-likeness (QED) is 0.802. The van der Waals surface area contributed by atoms with Crippen molar-refractivity contribution in [2.75, 3.05) is 39.0 Å². The summed E-state index contributed by atoms with van der Waals surface area (Å²) in [5.74, 6) is 0.336. The van der Waals surface area contributed by atoms with E-state index in [9.17, 15) is 9.59 Å². The van der Waals surface area contributed by atoms with Gasteiger partial charge in [-0.3, -0.25) is 9.59 Å². The van der Waals surface area contributed by atoms with E-state index in [0.29, 0.717) is 43.2 Å². The van der Waals surface area contributed by atoms with Crippen molar-refractivity contribution in [1.29, 1.82) is 0 Å². The zero-order valence-corrected chi connectivity index (χ0v) is 11.8. The van der Waals surface area contributed by atoms with Crippen molar-refractivity contribution in [2.45, 2.75) is 6.92 Å². The predicted molar refractivity (Wildman–Crippen MR) is 75.6 cm³/mol. The largest absolute Gasteiger partial charge is 0.494 e. The summed E-state index contributed by atoms with van der Waals surface area (Å²) in [6.07, 6.45) is 0. The molecule has 6 nitrogen and oxygen atoms in total. The highest BCUT2D eigenvalue weighted by atomic mass is 16.5. The number of ether oxygens (including phenoxy) is 1. The molecule has 1 heterocycles. The van der Waals surface area contributed by atoms with E-state index in [1.807, 2.05) is 0 Å². The molecule has 0 radical (unpaired) electrons. The van der Waals surface area contributed by atoms with Crippen LogP contribution in [0.25, 0.3) is 0 Å². The van der Waals surface area contributed by atoms with E-state index < -0.39 is 0 Å².